The summed E-state index contributed by atoms with van der Waals surface area (Å²) in [5.74, 6) is -2.26. The maximum atomic E-state index is 11.4. The minimum absolute atomic E-state index is 0.00439. The van der Waals surface area contributed by atoms with Crippen molar-refractivity contribution in [2.24, 2.45) is 0 Å². The summed E-state index contributed by atoms with van der Waals surface area (Å²) >= 11 is 0. The number of aromatic hydroxyl groups is 4. The molecule has 19 heteroatoms. The fourth-order valence-electron chi connectivity index (χ4n) is 5.94. The third kappa shape index (κ3) is 7.35. The molecule has 280 valence electrons. The van der Waals surface area contributed by atoms with Crippen molar-refractivity contribution in [2.45, 2.75) is 92.9 Å². The Hall–Kier alpha value is -3.67. The Bertz CT molecular complexity index is 1690. The van der Waals surface area contributed by atoms with Crippen molar-refractivity contribution in [3.8, 4) is 40.1 Å². The van der Waals surface area contributed by atoms with Crippen molar-refractivity contribution in [1.82, 2.24) is 0 Å². The summed E-state index contributed by atoms with van der Waals surface area (Å²) in [7, 11) is 0. The smallest absolute Gasteiger partial charge is 0.402 e. The fraction of sp³-hybridized carbons (Fsp3) is 0.531. The van der Waals surface area contributed by atoms with Crippen LogP contribution in [0.15, 0.2) is 40.8 Å². The highest BCUT2D eigenvalue weighted by atomic mass is 16.8. The molecule has 3 fully saturated rings. The van der Waals surface area contributed by atoms with E-state index in [-0.39, 0.29) is 33.8 Å². The van der Waals surface area contributed by atoms with Crippen LogP contribution in [0.4, 0.5) is 0 Å². The monoisotopic (exact) mass is 727 g/mol. The molecule has 12 N–H and O–H groups in total. The van der Waals surface area contributed by atoms with Gasteiger partial charge in [-0.1, -0.05) is 0 Å². The van der Waals surface area contributed by atoms with Crippen LogP contribution >= 0.6 is 0 Å². The Morgan fingerprint density at radius 1 is 0.706 bits per heavy atom. The van der Waals surface area contributed by atoms with Crippen molar-refractivity contribution < 1.29 is 94.1 Å². The van der Waals surface area contributed by atoms with Gasteiger partial charge in [-0.15, -0.1) is 0 Å². The van der Waals surface area contributed by atoms with Gasteiger partial charge in [0, 0.05) is 18.2 Å². The number of phenolic OH excluding ortho intramolecular Hbond substituents is 4. The van der Waals surface area contributed by atoms with Crippen LogP contribution in [0.2, 0.25) is 0 Å². The SMILES string of the molecule is C[C@@H]1O[C@@H](OC[C@H]2O[C@H](Oc3cc4c(O)cc(O)cc4[o+]c3-c3ccc(O)c(O)c3)[C@@H](O[C@@H]3OC[C@H](O)[C@H](O)[C@@H]3O)[C@@H](O)[C@@H]2O)[C@@H](O)[C@@H](O)[C@H]1O. The molecular weight excluding hydrogens is 688 g/mol. The first-order valence-electron chi connectivity index (χ1n) is 15.8. The number of rotatable bonds is 8. The number of benzene rings is 2. The molecular formula is C32H39O19+. The zero-order valence-corrected chi connectivity index (χ0v) is 26.7. The second-order valence-corrected chi connectivity index (χ2v) is 12.5. The normalized spacial score (nSPS) is 37.4. The molecule has 0 unspecified atom stereocenters. The molecule has 19 nitrogen and oxygen atoms in total. The van der Waals surface area contributed by atoms with Crippen molar-refractivity contribution >= 4 is 11.0 Å². The van der Waals surface area contributed by atoms with Gasteiger partial charge in [0.25, 0.3) is 0 Å². The van der Waals surface area contributed by atoms with Gasteiger partial charge in [0.05, 0.1) is 30.9 Å². The first-order chi connectivity index (χ1) is 24.1. The Labute approximate surface area is 287 Å². The van der Waals surface area contributed by atoms with Crippen molar-refractivity contribution in [3.63, 3.8) is 0 Å². The number of fused-ring (bicyclic) bond motifs is 1. The van der Waals surface area contributed by atoms with E-state index < -0.39 is 116 Å². The van der Waals surface area contributed by atoms with Crippen LogP contribution in [-0.2, 0) is 23.7 Å². The molecule has 4 heterocycles. The van der Waals surface area contributed by atoms with E-state index in [0.717, 1.165) is 18.2 Å². The second-order valence-electron chi connectivity index (χ2n) is 12.5. The highest BCUT2D eigenvalue weighted by Crippen LogP contribution is 2.42. The highest BCUT2D eigenvalue weighted by molar-refractivity contribution is 5.88. The molecule has 0 aliphatic carbocycles. The van der Waals surface area contributed by atoms with Crippen LogP contribution in [-0.4, -0.2) is 161 Å². The van der Waals surface area contributed by atoms with Gasteiger partial charge in [-0.2, -0.15) is 0 Å². The molecule has 3 aromatic rings. The van der Waals surface area contributed by atoms with Crippen LogP contribution in [0.25, 0.3) is 22.3 Å². The van der Waals surface area contributed by atoms with Gasteiger partial charge in [-0.05, 0) is 19.1 Å². The molecule has 6 rings (SSSR count). The van der Waals surface area contributed by atoms with Gasteiger partial charge in [0.2, 0.25) is 12.0 Å². The molecule has 3 saturated heterocycles. The van der Waals surface area contributed by atoms with E-state index in [1.165, 1.54) is 25.1 Å². The molecule has 51 heavy (non-hydrogen) atoms. The largest absolute Gasteiger partial charge is 0.507 e. The number of phenols is 4. The Balaban J connectivity index is 1.36. The predicted molar refractivity (Wildman–Crippen MR) is 165 cm³/mol. The van der Waals surface area contributed by atoms with Gasteiger partial charge in [0.1, 0.15) is 71.8 Å². The van der Waals surface area contributed by atoms with E-state index >= 15 is 0 Å². The standard InChI is InChI=1S/C32H38O19/c1-10-21(38)24(41)27(44)30(47-10)46-9-20-23(40)25(42)29(51-31-26(43)22(39)17(37)8-45-31)32(50-20)49-19-7-13-15(35)5-12(33)6-18(13)48-28(19)11-2-3-14(34)16(36)4-11/h2-7,10,17,20-27,29-32,37-44H,8-9H2,1H3,(H3-,33,34,35,36)/p+1/t10-,17-,20+,21-,22-,23+,24-,25-,26-,27-,29-,30+,31-,32-/m0/s1. The van der Waals surface area contributed by atoms with Crippen LogP contribution < -0.4 is 4.74 Å². The summed E-state index contributed by atoms with van der Waals surface area (Å²) in [4.78, 5) is 0. The summed E-state index contributed by atoms with van der Waals surface area (Å²) in [6.45, 7) is 0.328. The summed E-state index contributed by atoms with van der Waals surface area (Å²) in [5, 5.41) is 125. The van der Waals surface area contributed by atoms with Crippen molar-refractivity contribution in [3.05, 3.63) is 36.4 Å². The van der Waals surface area contributed by atoms with E-state index in [4.69, 9.17) is 32.8 Å². The number of hydrogen-bond donors (Lipinski definition) is 12. The van der Waals surface area contributed by atoms with Gasteiger partial charge < -0.3 is 89.7 Å². The van der Waals surface area contributed by atoms with E-state index in [1.54, 1.807) is 0 Å². The average molecular weight is 728 g/mol. The number of ether oxygens (including phenoxy) is 6. The summed E-state index contributed by atoms with van der Waals surface area (Å²) < 4.78 is 40.2. The highest BCUT2D eigenvalue weighted by Gasteiger charge is 2.51. The average Bonchev–Trinajstić information content (AvgIpc) is 3.09. The molecule has 0 saturated carbocycles. The minimum atomic E-state index is -1.93. The van der Waals surface area contributed by atoms with Gasteiger partial charge >= 0.3 is 11.3 Å². The lowest BCUT2D eigenvalue weighted by Crippen LogP contribution is -2.64. The first kappa shape index (κ1) is 37.1. The molecule has 2 aromatic carbocycles. The van der Waals surface area contributed by atoms with E-state index in [2.05, 4.69) is 0 Å². The van der Waals surface area contributed by atoms with E-state index in [0.29, 0.717) is 0 Å². The number of hydrogen-bond acceptors (Lipinski definition) is 18. The predicted octanol–water partition coefficient (Wildman–Crippen LogP) is -2.30. The summed E-state index contributed by atoms with van der Waals surface area (Å²) in [5.41, 5.74) is 0.0422. The van der Waals surface area contributed by atoms with Crippen molar-refractivity contribution in [1.29, 1.82) is 0 Å². The summed E-state index contributed by atoms with van der Waals surface area (Å²) in [6.07, 6.45) is -22.8. The number of aliphatic hydroxyl groups is 8. The van der Waals surface area contributed by atoms with Crippen LogP contribution in [0.1, 0.15) is 6.92 Å². The Morgan fingerprint density at radius 2 is 1.43 bits per heavy atom. The third-order valence-electron chi connectivity index (χ3n) is 8.92. The fourth-order valence-corrected chi connectivity index (χ4v) is 5.94. The lowest BCUT2D eigenvalue weighted by Gasteiger charge is -2.45. The second kappa shape index (κ2) is 14.8. The van der Waals surface area contributed by atoms with E-state index in [9.17, 15) is 61.3 Å². The molecule has 3 aliphatic heterocycles. The zero-order valence-electron chi connectivity index (χ0n) is 26.7. The van der Waals surface area contributed by atoms with Crippen LogP contribution in [0.5, 0.6) is 28.7 Å². The molecule has 0 bridgehead atoms. The maximum absolute atomic E-state index is 11.4. The molecule has 14 atom stereocenters. The first-order valence-corrected chi connectivity index (χ1v) is 15.8. The Morgan fingerprint density at radius 3 is 2.16 bits per heavy atom. The molecule has 0 radical (unpaired) electrons. The van der Waals surface area contributed by atoms with Crippen LogP contribution in [0.3, 0.4) is 0 Å². The van der Waals surface area contributed by atoms with Crippen LogP contribution in [0, 0.1) is 0 Å². The Kier molecular flexibility index (Phi) is 10.7. The maximum Gasteiger partial charge on any atom is 0.402 e. The molecule has 3 aliphatic rings. The van der Waals surface area contributed by atoms with Gasteiger partial charge in [-0.3, -0.25) is 0 Å². The number of aliphatic hydroxyl groups excluding tert-OH is 8. The molecule has 0 spiro atoms. The van der Waals surface area contributed by atoms with E-state index in [1.807, 2.05) is 0 Å². The topological polar surface area (TPSA) is 309 Å². The molecule has 0 amide bonds. The van der Waals surface area contributed by atoms with Gasteiger partial charge in [-0.25, -0.2) is 4.42 Å². The zero-order chi connectivity index (χ0) is 36.9. The lowest BCUT2D eigenvalue weighted by atomic mass is 9.98. The third-order valence-corrected chi connectivity index (χ3v) is 8.92. The lowest BCUT2D eigenvalue weighted by molar-refractivity contribution is -0.352. The minimum Gasteiger partial charge on any atom is -0.507 e. The van der Waals surface area contributed by atoms with Crippen molar-refractivity contribution in [2.75, 3.05) is 13.2 Å². The quantitative estimate of drug-likeness (QED) is 0.0857. The summed E-state index contributed by atoms with van der Waals surface area (Å²) in [6, 6.07) is 7.04. The van der Waals surface area contributed by atoms with Gasteiger partial charge in [0.15, 0.2) is 30.2 Å². The molecule has 1 aromatic heterocycles.